The van der Waals surface area contributed by atoms with E-state index in [4.69, 9.17) is 10.2 Å². The summed E-state index contributed by atoms with van der Waals surface area (Å²) in [6.07, 6.45) is 1.04. The molecule has 88 valence electrons. The first kappa shape index (κ1) is 14.2. The van der Waals surface area contributed by atoms with Crippen molar-refractivity contribution in [3.8, 4) is 0 Å². The van der Waals surface area contributed by atoms with E-state index in [0.29, 0.717) is 13.0 Å². The van der Waals surface area contributed by atoms with Crippen LogP contribution in [0.3, 0.4) is 0 Å². The maximum Gasteiger partial charge on any atom is 0.313 e. The summed E-state index contributed by atoms with van der Waals surface area (Å²) in [5.74, 6) is -0.962. The second-order valence-corrected chi connectivity index (χ2v) is 4.21. The molecule has 0 aromatic carbocycles. The van der Waals surface area contributed by atoms with E-state index in [1.54, 1.807) is 6.92 Å². The molecular formula is C9H17NO4S. The zero-order valence-corrected chi connectivity index (χ0v) is 9.55. The molecule has 0 aliphatic carbocycles. The van der Waals surface area contributed by atoms with Crippen LogP contribution in [-0.2, 0) is 9.59 Å². The molecule has 3 N–H and O–H groups in total. The molecule has 0 fully saturated rings. The number of carboxylic acid groups (broad SMARTS) is 1. The van der Waals surface area contributed by atoms with E-state index >= 15 is 0 Å². The van der Waals surface area contributed by atoms with Crippen LogP contribution in [0.1, 0.15) is 19.8 Å². The number of carbonyl (C=O) groups is 2. The van der Waals surface area contributed by atoms with E-state index in [1.807, 2.05) is 0 Å². The summed E-state index contributed by atoms with van der Waals surface area (Å²) in [6, 6.07) is 0. The number of aliphatic carboxylic acids is 1. The van der Waals surface area contributed by atoms with Crippen molar-refractivity contribution in [2.75, 3.05) is 18.1 Å². The summed E-state index contributed by atoms with van der Waals surface area (Å²) in [6.45, 7) is 2.22. The number of amides is 1. The lowest BCUT2D eigenvalue weighted by atomic mass is 10.2. The molecule has 1 amide bonds. The Labute approximate surface area is 93.2 Å². The average molecular weight is 235 g/mol. The van der Waals surface area contributed by atoms with Crippen molar-refractivity contribution >= 4 is 23.6 Å². The van der Waals surface area contributed by atoms with Crippen LogP contribution in [0.5, 0.6) is 0 Å². The summed E-state index contributed by atoms with van der Waals surface area (Å²) in [5.41, 5.74) is 0. The van der Waals surface area contributed by atoms with Gasteiger partial charge in [-0.3, -0.25) is 9.59 Å². The third kappa shape index (κ3) is 11.2. The Morgan fingerprint density at radius 3 is 2.60 bits per heavy atom. The summed E-state index contributed by atoms with van der Waals surface area (Å²) in [7, 11) is 0. The summed E-state index contributed by atoms with van der Waals surface area (Å²) in [4.78, 5) is 21.2. The second-order valence-electron chi connectivity index (χ2n) is 3.23. The molecule has 0 bridgehead atoms. The Hall–Kier alpha value is -0.750. The lowest BCUT2D eigenvalue weighted by Crippen LogP contribution is -2.27. The van der Waals surface area contributed by atoms with Crippen LogP contribution in [0.4, 0.5) is 0 Å². The number of hydrogen-bond acceptors (Lipinski definition) is 4. The smallest absolute Gasteiger partial charge is 0.313 e. The van der Waals surface area contributed by atoms with Crippen LogP contribution in [0.15, 0.2) is 0 Å². The maximum atomic E-state index is 11.1. The second kappa shape index (κ2) is 8.55. The number of hydrogen-bond donors (Lipinski definition) is 3. The highest BCUT2D eigenvalue weighted by Gasteiger charge is 2.03. The molecule has 0 saturated carbocycles. The predicted molar refractivity (Wildman–Crippen MR) is 58.9 cm³/mol. The van der Waals surface area contributed by atoms with Gasteiger partial charge in [-0.1, -0.05) is 0 Å². The topological polar surface area (TPSA) is 86.6 Å². The minimum atomic E-state index is -0.915. The normalized spacial score (nSPS) is 12.1. The van der Waals surface area contributed by atoms with Crippen LogP contribution in [-0.4, -0.2) is 46.2 Å². The van der Waals surface area contributed by atoms with Crippen LogP contribution in [0, 0.1) is 0 Å². The Morgan fingerprint density at radius 1 is 1.40 bits per heavy atom. The Morgan fingerprint density at radius 2 is 2.07 bits per heavy atom. The fourth-order valence-corrected chi connectivity index (χ4v) is 1.47. The molecule has 0 rings (SSSR count). The molecule has 6 heteroatoms. The molecule has 0 aromatic heterocycles. The third-order valence-electron chi connectivity index (χ3n) is 1.58. The molecule has 0 aliphatic rings. The Kier molecular flexibility index (Phi) is 8.12. The van der Waals surface area contributed by atoms with Crippen molar-refractivity contribution in [3.63, 3.8) is 0 Å². The number of nitrogens with one attached hydrogen (secondary N) is 1. The van der Waals surface area contributed by atoms with Crippen LogP contribution >= 0.6 is 11.8 Å². The molecule has 1 unspecified atom stereocenters. The molecule has 15 heavy (non-hydrogen) atoms. The SMILES string of the molecule is CC(O)CCCNC(=O)CSCC(=O)O. The number of rotatable bonds is 8. The van der Waals surface area contributed by atoms with Crippen molar-refractivity contribution in [1.82, 2.24) is 5.32 Å². The first-order valence-electron chi connectivity index (χ1n) is 4.76. The van der Waals surface area contributed by atoms with Gasteiger partial charge < -0.3 is 15.5 Å². The average Bonchev–Trinajstić information content (AvgIpc) is 2.11. The van der Waals surface area contributed by atoms with Crippen molar-refractivity contribution in [1.29, 1.82) is 0 Å². The summed E-state index contributed by atoms with van der Waals surface area (Å²) < 4.78 is 0. The zero-order valence-electron chi connectivity index (χ0n) is 8.73. The van der Waals surface area contributed by atoms with Gasteiger partial charge in [0.15, 0.2) is 0 Å². The third-order valence-corrected chi connectivity index (χ3v) is 2.50. The minimum absolute atomic E-state index is 0.0545. The zero-order chi connectivity index (χ0) is 11.7. The lowest BCUT2D eigenvalue weighted by molar-refractivity contribution is -0.133. The van der Waals surface area contributed by atoms with E-state index in [1.165, 1.54) is 0 Å². The fraction of sp³-hybridized carbons (Fsp3) is 0.778. The highest BCUT2D eigenvalue weighted by molar-refractivity contribution is 8.00. The number of carbonyl (C=O) groups excluding carboxylic acids is 1. The summed E-state index contributed by atoms with van der Waals surface area (Å²) >= 11 is 1.07. The summed E-state index contributed by atoms with van der Waals surface area (Å²) in [5, 5.41) is 19.9. The van der Waals surface area contributed by atoms with Gasteiger partial charge in [0.2, 0.25) is 5.91 Å². The van der Waals surface area contributed by atoms with Gasteiger partial charge >= 0.3 is 5.97 Å². The van der Waals surface area contributed by atoms with Gasteiger partial charge in [-0.25, -0.2) is 0 Å². The maximum absolute atomic E-state index is 11.1. The molecular weight excluding hydrogens is 218 g/mol. The van der Waals surface area contributed by atoms with Crippen molar-refractivity contribution in [3.05, 3.63) is 0 Å². The highest BCUT2D eigenvalue weighted by atomic mass is 32.2. The van der Waals surface area contributed by atoms with Crippen LogP contribution in [0.2, 0.25) is 0 Å². The van der Waals surface area contributed by atoms with Crippen LogP contribution in [0.25, 0.3) is 0 Å². The fourth-order valence-electron chi connectivity index (χ4n) is 0.907. The van der Waals surface area contributed by atoms with Gasteiger partial charge in [0.05, 0.1) is 17.6 Å². The molecule has 0 radical (unpaired) electrons. The number of aliphatic hydroxyl groups is 1. The van der Waals surface area contributed by atoms with Gasteiger partial charge in [-0.2, -0.15) is 0 Å². The van der Waals surface area contributed by atoms with Crippen LogP contribution < -0.4 is 5.32 Å². The first-order chi connectivity index (χ1) is 7.02. The van der Waals surface area contributed by atoms with E-state index in [9.17, 15) is 9.59 Å². The largest absolute Gasteiger partial charge is 0.481 e. The quantitative estimate of drug-likeness (QED) is 0.519. The minimum Gasteiger partial charge on any atom is -0.481 e. The van der Waals surface area contributed by atoms with Gasteiger partial charge in [0, 0.05) is 6.54 Å². The van der Waals surface area contributed by atoms with Gasteiger partial charge in [-0.05, 0) is 19.8 Å². The first-order valence-corrected chi connectivity index (χ1v) is 5.92. The molecule has 0 aromatic rings. The van der Waals surface area contributed by atoms with Gasteiger partial charge in [-0.15, -0.1) is 11.8 Å². The monoisotopic (exact) mass is 235 g/mol. The molecule has 0 aliphatic heterocycles. The predicted octanol–water partition coefficient (Wildman–Crippen LogP) is 0.0814. The molecule has 0 saturated heterocycles. The van der Waals surface area contributed by atoms with Crippen molar-refractivity contribution in [2.45, 2.75) is 25.9 Å². The molecule has 0 heterocycles. The molecule has 5 nitrogen and oxygen atoms in total. The van der Waals surface area contributed by atoms with E-state index < -0.39 is 5.97 Å². The Balaban J connectivity index is 3.30. The van der Waals surface area contributed by atoms with E-state index in [0.717, 1.165) is 18.2 Å². The number of aliphatic hydroxyl groups excluding tert-OH is 1. The van der Waals surface area contributed by atoms with Gasteiger partial charge in [0.1, 0.15) is 0 Å². The van der Waals surface area contributed by atoms with Gasteiger partial charge in [0.25, 0.3) is 0 Å². The van der Waals surface area contributed by atoms with Crippen molar-refractivity contribution < 1.29 is 19.8 Å². The Bertz CT molecular complexity index is 208. The standard InChI is InChI=1S/C9H17NO4S/c1-7(11)3-2-4-10-8(12)5-15-6-9(13)14/h7,11H,2-6H2,1H3,(H,10,12)(H,13,14). The highest BCUT2D eigenvalue weighted by Crippen LogP contribution is 1.98. The molecule has 1 atom stereocenters. The van der Waals surface area contributed by atoms with E-state index in [2.05, 4.69) is 5.32 Å². The van der Waals surface area contributed by atoms with E-state index in [-0.39, 0.29) is 23.5 Å². The number of thioether (sulfide) groups is 1. The molecule has 0 spiro atoms. The number of carboxylic acids is 1. The lowest BCUT2D eigenvalue weighted by Gasteiger charge is -2.05. The van der Waals surface area contributed by atoms with Crippen molar-refractivity contribution in [2.24, 2.45) is 0 Å².